The van der Waals surface area contributed by atoms with E-state index in [0.717, 1.165) is 16.6 Å². The third-order valence-electron chi connectivity index (χ3n) is 2.69. The molecule has 0 fully saturated rings. The van der Waals surface area contributed by atoms with Gasteiger partial charge >= 0.3 is 0 Å². The molecule has 2 aromatic rings. The predicted molar refractivity (Wildman–Crippen MR) is 71.1 cm³/mol. The molecule has 1 unspecified atom stereocenters. The summed E-state index contributed by atoms with van der Waals surface area (Å²) in [6.45, 7) is 2.36. The Labute approximate surface area is 101 Å². The second-order valence-electron chi connectivity index (χ2n) is 4.34. The summed E-state index contributed by atoms with van der Waals surface area (Å²) >= 11 is 0. The number of hydrogen-bond acceptors (Lipinski definition) is 4. The van der Waals surface area contributed by atoms with Crippen molar-refractivity contribution in [2.45, 2.75) is 13.0 Å². The van der Waals surface area contributed by atoms with Crippen LogP contribution in [0.1, 0.15) is 6.92 Å². The summed E-state index contributed by atoms with van der Waals surface area (Å²) in [5, 5.41) is 10.5. The Morgan fingerprint density at radius 3 is 2.88 bits per heavy atom. The standard InChI is InChI=1S/C13H17N3O/c1-9(17)8-16(2)13-5-6-15-12-7-10(14)3-4-11(12)13/h3-7,9,17H,8,14H2,1-2H3. The van der Waals surface area contributed by atoms with E-state index in [4.69, 9.17) is 5.73 Å². The van der Waals surface area contributed by atoms with Gasteiger partial charge < -0.3 is 15.7 Å². The number of nitrogen functional groups attached to an aromatic ring is 1. The van der Waals surface area contributed by atoms with Crippen LogP contribution in [0.3, 0.4) is 0 Å². The highest BCUT2D eigenvalue weighted by molar-refractivity contribution is 5.93. The van der Waals surface area contributed by atoms with Crippen LogP contribution in [0.5, 0.6) is 0 Å². The zero-order valence-corrected chi connectivity index (χ0v) is 10.1. The van der Waals surface area contributed by atoms with Crippen LogP contribution in [0.25, 0.3) is 10.9 Å². The molecule has 1 heterocycles. The summed E-state index contributed by atoms with van der Waals surface area (Å²) in [4.78, 5) is 6.31. The fraction of sp³-hybridized carbons (Fsp3) is 0.308. The molecular formula is C13H17N3O. The molecule has 0 bridgehead atoms. The number of anilines is 2. The Morgan fingerprint density at radius 1 is 1.41 bits per heavy atom. The van der Waals surface area contributed by atoms with Crippen molar-refractivity contribution in [3.8, 4) is 0 Å². The fourth-order valence-electron chi connectivity index (χ4n) is 1.98. The second-order valence-corrected chi connectivity index (χ2v) is 4.34. The number of fused-ring (bicyclic) bond motifs is 1. The van der Waals surface area contributed by atoms with E-state index < -0.39 is 0 Å². The van der Waals surface area contributed by atoms with Crippen LogP contribution in [0.2, 0.25) is 0 Å². The normalized spacial score (nSPS) is 12.6. The molecule has 1 aromatic heterocycles. The predicted octanol–water partition coefficient (Wildman–Crippen LogP) is 1.63. The SMILES string of the molecule is CC(O)CN(C)c1ccnc2cc(N)ccc12. The van der Waals surface area contributed by atoms with Gasteiger partial charge in [-0.05, 0) is 31.2 Å². The van der Waals surface area contributed by atoms with E-state index in [-0.39, 0.29) is 6.10 Å². The zero-order chi connectivity index (χ0) is 12.4. The molecule has 3 N–H and O–H groups in total. The minimum Gasteiger partial charge on any atom is -0.399 e. The molecule has 0 aliphatic carbocycles. The molecule has 17 heavy (non-hydrogen) atoms. The second kappa shape index (κ2) is 4.59. The first-order valence-corrected chi connectivity index (χ1v) is 5.61. The van der Waals surface area contributed by atoms with Gasteiger partial charge in [0.15, 0.2) is 0 Å². The maximum atomic E-state index is 9.42. The van der Waals surface area contributed by atoms with Crippen molar-refractivity contribution in [2.75, 3.05) is 24.2 Å². The summed E-state index contributed by atoms with van der Waals surface area (Å²) in [6.07, 6.45) is 1.40. The molecule has 0 spiro atoms. The van der Waals surface area contributed by atoms with Crippen molar-refractivity contribution >= 4 is 22.3 Å². The van der Waals surface area contributed by atoms with Crippen LogP contribution in [-0.2, 0) is 0 Å². The molecular weight excluding hydrogens is 214 g/mol. The van der Waals surface area contributed by atoms with E-state index >= 15 is 0 Å². The molecule has 0 radical (unpaired) electrons. The highest BCUT2D eigenvalue weighted by Gasteiger charge is 2.08. The lowest BCUT2D eigenvalue weighted by atomic mass is 10.1. The van der Waals surface area contributed by atoms with Crippen molar-refractivity contribution in [3.63, 3.8) is 0 Å². The molecule has 0 aliphatic rings. The van der Waals surface area contributed by atoms with Crippen LogP contribution < -0.4 is 10.6 Å². The van der Waals surface area contributed by atoms with E-state index in [9.17, 15) is 5.11 Å². The third kappa shape index (κ3) is 2.47. The van der Waals surface area contributed by atoms with E-state index in [2.05, 4.69) is 4.98 Å². The Morgan fingerprint density at radius 2 is 2.18 bits per heavy atom. The Balaban J connectivity index is 2.47. The molecule has 1 atom stereocenters. The molecule has 4 heteroatoms. The largest absolute Gasteiger partial charge is 0.399 e. The van der Waals surface area contributed by atoms with Gasteiger partial charge in [-0.25, -0.2) is 0 Å². The van der Waals surface area contributed by atoms with Gasteiger partial charge in [0.05, 0.1) is 11.6 Å². The number of pyridine rings is 1. The van der Waals surface area contributed by atoms with Crippen LogP contribution in [0.4, 0.5) is 11.4 Å². The Bertz CT molecular complexity index is 525. The Hall–Kier alpha value is -1.81. The van der Waals surface area contributed by atoms with Gasteiger partial charge in [-0.15, -0.1) is 0 Å². The zero-order valence-electron chi connectivity index (χ0n) is 10.1. The van der Waals surface area contributed by atoms with E-state index in [0.29, 0.717) is 12.2 Å². The van der Waals surface area contributed by atoms with E-state index in [1.165, 1.54) is 0 Å². The Kier molecular flexibility index (Phi) is 3.15. The van der Waals surface area contributed by atoms with Gasteiger partial charge in [-0.2, -0.15) is 0 Å². The number of aromatic nitrogens is 1. The number of aliphatic hydroxyl groups excluding tert-OH is 1. The van der Waals surface area contributed by atoms with Crippen molar-refractivity contribution in [1.29, 1.82) is 0 Å². The number of aliphatic hydroxyl groups is 1. The summed E-state index contributed by atoms with van der Waals surface area (Å²) in [5.41, 5.74) is 8.37. The van der Waals surface area contributed by atoms with E-state index in [1.54, 1.807) is 13.1 Å². The lowest BCUT2D eigenvalue weighted by Crippen LogP contribution is -2.27. The molecule has 0 aliphatic heterocycles. The van der Waals surface area contributed by atoms with Crippen molar-refractivity contribution in [1.82, 2.24) is 4.98 Å². The smallest absolute Gasteiger partial charge is 0.0743 e. The fourth-order valence-corrected chi connectivity index (χ4v) is 1.98. The number of likely N-dealkylation sites (N-methyl/N-ethyl adjacent to an activating group) is 1. The van der Waals surface area contributed by atoms with Crippen molar-refractivity contribution in [3.05, 3.63) is 30.5 Å². The first-order chi connectivity index (χ1) is 8.08. The molecule has 0 saturated carbocycles. The van der Waals surface area contributed by atoms with Crippen LogP contribution in [0.15, 0.2) is 30.5 Å². The molecule has 2 rings (SSSR count). The van der Waals surface area contributed by atoms with Gasteiger partial charge in [-0.3, -0.25) is 4.98 Å². The average Bonchev–Trinajstić information content (AvgIpc) is 2.26. The lowest BCUT2D eigenvalue weighted by molar-refractivity contribution is 0.201. The third-order valence-corrected chi connectivity index (χ3v) is 2.69. The number of hydrogen-bond donors (Lipinski definition) is 2. The van der Waals surface area contributed by atoms with E-state index in [1.807, 2.05) is 36.2 Å². The van der Waals surface area contributed by atoms with Crippen molar-refractivity contribution in [2.24, 2.45) is 0 Å². The summed E-state index contributed by atoms with van der Waals surface area (Å²) in [5.74, 6) is 0. The maximum absolute atomic E-state index is 9.42. The summed E-state index contributed by atoms with van der Waals surface area (Å²) < 4.78 is 0. The molecule has 90 valence electrons. The number of rotatable bonds is 3. The van der Waals surface area contributed by atoms with Gasteiger partial charge in [0.25, 0.3) is 0 Å². The minimum atomic E-state index is -0.364. The van der Waals surface area contributed by atoms with Crippen molar-refractivity contribution < 1.29 is 5.11 Å². The first kappa shape index (κ1) is 11.7. The van der Waals surface area contributed by atoms with Gasteiger partial charge in [0.2, 0.25) is 0 Å². The maximum Gasteiger partial charge on any atom is 0.0743 e. The number of nitrogens with zero attached hydrogens (tertiary/aromatic N) is 2. The number of nitrogens with two attached hydrogens (primary N) is 1. The van der Waals surface area contributed by atoms with Gasteiger partial charge in [-0.1, -0.05) is 0 Å². The lowest BCUT2D eigenvalue weighted by Gasteiger charge is -2.22. The van der Waals surface area contributed by atoms with Gasteiger partial charge in [0, 0.05) is 36.6 Å². The quantitative estimate of drug-likeness (QED) is 0.788. The first-order valence-electron chi connectivity index (χ1n) is 5.61. The minimum absolute atomic E-state index is 0.364. The molecule has 0 amide bonds. The monoisotopic (exact) mass is 231 g/mol. The molecule has 4 nitrogen and oxygen atoms in total. The van der Waals surface area contributed by atoms with Crippen LogP contribution in [-0.4, -0.2) is 29.8 Å². The summed E-state index contributed by atoms with van der Waals surface area (Å²) in [6, 6.07) is 7.63. The summed E-state index contributed by atoms with van der Waals surface area (Å²) in [7, 11) is 1.96. The highest BCUT2D eigenvalue weighted by atomic mass is 16.3. The average molecular weight is 231 g/mol. The van der Waals surface area contributed by atoms with Crippen LogP contribution in [0, 0.1) is 0 Å². The highest BCUT2D eigenvalue weighted by Crippen LogP contribution is 2.25. The topological polar surface area (TPSA) is 62.4 Å². The van der Waals surface area contributed by atoms with Crippen LogP contribution >= 0.6 is 0 Å². The molecule has 1 aromatic carbocycles. The molecule has 0 saturated heterocycles. The number of benzene rings is 1. The van der Waals surface area contributed by atoms with Gasteiger partial charge in [0.1, 0.15) is 0 Å².